The summed E-state index contributed by atoms with van der Waals surface area (Å²) in [6, 6.07) is 0. The van der Waals surface area contributed by atoms with Crippen molar-refractivity contribution in [1.29, 1.82) is 0 Å². The predicted octanol–water partition coefficient (Wildman–Crippen LogP) is 2.92. The van der Waals surface area contributed by atoms with E-state index < -0.39 is 23.3 Å². The van der Waals surface area contributed by atoms with Crippen LogP contribution in [0.15, 0.2) is 34.6 Å². The Bertz CT molecular complexity index is 731. The Hall–Kier alpha value is -1.92. The monoisotopic (exact) mass is 362 g/mol. The van der Waals surface area contributed by atoms with Crippen LogP contribution in [0.25, 0.3) is 0 Å². The van der Waals surface area contributed by atoms with Crippen molar-refractivity contribution in [2.75, 3.05) is 6.61 Å². The van der Waals surface area contributed by atoms with E-state index in [1.54, 1.807) is 26.0 Å². The Morgan fingerprint density at radius 1 is 1.46 bits per heavy atom. The average molecular weight is 362 g/mol. The second-order valence-electron chi connectivity index (χ2n) is 7.60. The van der Waals surface area contributed by atoms with Gasteiger partial charge >= 0.3 is 11.9 Å². The van der Waals surface area contributed by atoms with Crippen molar-refractivity contribution in [3.8, 4) is 0 Å². The second kappa shape index (κ2) is 6.67. The normalized spacial score (nSPS) is 34.5. The van der Waals surface area contributed by atoms with Crippen LogP contribution in [0.4, 0.5) is 0 Å². The van der Waals surface area contributed by atoms with Gasteiger partial charge in [-0.2, -0.15) is 0 Å². The molecule has 0 amide bonds. The van der Waals surface area contributed by atoms with E-state index in [2.05, 4.69) is 0 Å². The molecule has 0 aromatic heterocycles. The van der Waals surface area contributed by atoms with Gasteiger partial charge in [0.05, 0.1) is 11.2 Å². The topological polar surface area (TPSA) is 82.1 Å². The van der Waals surface area contributed by atoms with Gasteiger partial charge in [-0.3, -0.25) is 0 Å². The molecular formula is C20H26O6. The van der Waals surface area contributed by atoms with Crippen molar-refractivity contribution < 1.29 is 28.9 Å². The molecule has 2 bridgehead atoms. The standard InChI is InChI=1S/C20H26O6/c1-5-12(2)17(21)24-11-15-14-7-6-13(3)20(23)9-8-19(4,26-20)10-16(14)25-18(15)22/h5,10,13,23H,6-9,11H2,1-4H3/b12-5+,16-10?/t13-,19?,20?/m1/s1. The number of rotatable bonds is 3. The van der Waals surface area contributed by atoms with Crippen LogP contribution in [-0.2, 0) is 23.8 Å². The van der Waals surface area contributed by atoms with Crippen molar-refractivity contribution in [3.63, 3.8) is 0 Å². The van der Waals surface area contributed by atoms with E-state index in [4.69, 9.17) is 14.2 Å². The summed E-state index contributed by atoms with van der Waals surface area (Å²) in [5.74, 6) is -1.72. The van der Waals surface area contributed by atoms with Crippen LogP contribution < -0.4 is 0 Å². The van der Waals surface area contributed by atoms with Gasteiger partial charge in [0, 0.05) is 23.5 Å². The summed E-state index contributed by atoms with van der Waals surface area (Å²) >= 11 is 0. The van der Waals surface area contributed by atoms with Crippen LogP contribution in [0.3, 0.4) is 0 Å². The molecule has 1 fully saturated rings. The highest BCUT2D eigenvalue weighted by Gasteiger charge is 2.49. The van der Waals surface area contributed by atoms with E-state index >= 15 is 0 Å². The van der Waals surface area contributed by atoms with E-state index in [1.807, 2.05) is 13.8 Å². The van der Waals surface area contributed by atoms with Gasteiger partial charge in [0.2, 0.25) is 0 Å². The largest absolute Gasteiger partial charge is 0.457 e. The van der Waals surface area contributed by atoms with E-state index in [0.717, 1.165) is 5.57 Å². The molecule has 2 unspecified atom stereocenters. The Labute approximate surface area is 153 Å². The third-order valence-corrected chi connectivity index (χ3v) is 5.64. The van der Waals surface area contributed by atoms with Gasteiger partial charge < -0.3 is 19.3 Å². The number of hydrogen-bond acceptors (Lipinski definition) is 6. The number of allylic oxidation sites excluding steroid dienone is 2. The van der Waals surface area contributed by atoms with Gasteiger partial charge in [-0.25, -0.2) is 9.59 Å². The molecule has 3 rings (SSSR count). The lowest BCUT2D eigenvalue weighted by atomic mass is 9.87. The van der Waals surface area contributed by atoms with Gasteiger partial charge in [-0.1, -0.05) is 13.0 Å². The highest BCUT2D eigenvalue weighted by atomic mass is 16.6. The summed E-state index contributed by atoms with van der Waals surface area (Å²) in [6.45, 7) is 7.13. The van der Waals surface area contributed by atoms with Crippen LogP contribution in [0.2, 0.25) is 0 Å². The number of carbonyl (C=O) groups excluding carboxylic acids is 2. The number of ether oxygens (including phenoxy) is 3. The van der Waals surface area contributed by atoms with E-state index in [-0.39, 0.29) is 12.5 Å². The maximum absolute atomic E-state index is 12.3. The lowest BCUT2D eigenvalue weighted by Crippen LogP contribution is -2.38. The molecule has 0 aromatic rings. The summed E-state index contributed by atoms with van der Waals surface area (Å²) in [4.78, 5) is 24.2. The molecule has 1 N–H and O–H groups in total. The highest BCUT2D eigenvalue weighted by molar-refractivity contribution is 5.95. The molecule has 0 spiro atoms. The first-order valence-corrected chi connectivity index (χ1v) is 9.07. The van der Waals surface area contributed by atoms with E-state index in [9.17, 15) is 14.7 Å². The molecule has 6 heteroatoms. The molecule has 142 valence electrons. The third-order valence-electron chi connectivity index (χ3n) is 5.64. The van der Waals surface area contributed by atoms with Crippen molar-refractivity contribution >= 4 is 11.9 Å². The average Bonchev–Trinajstić information content (AvgIpc) is 3.06. The second-order valence-corrected chi connectivity index (χ2v) is 7.60. The first kappa shape index (κ1) is 18.9. The number of fused-ring (bicyclic) bond motifs is 3. The SMILES string of the molecule is C/C=C(\C)C(=O)OCC1=C2CC[C@@H](C)C3(O)CCC(C)(C=C2OC1=O)O3. The fourth-order valence-electron chi connectivity index (χ4n) is 3.65. The van der Waals surface area contributed by atoms with Gasteiger partial charge in [-0.15, -0.1) is 0 Å². The molecule has 6 nitrogen and oxygen atoms in total. The maximum atomic E-state index is 12.3. The Morgan fingerprint density at radius 3 is 2.88 bits per heavy atom. The van der Waals surface area contributed by atoms with Gasteiger partial charge in [0.25, 0.3) is 0 Å². The minimum absolute atomic E-state index is 0.0886. The van der Waals surface area contributed by atoms with Crippen LogP contribution in [0.5, 0.6) is 0 Å². The molecule has 0 aliphatic carbocycles. The van der Waals surface area contributed by atoms with E-state index in [0.29, 0.717) is 42.6 Å². The fraction of sp³-hybridized carbons (Fsp3) is 0.600. The summed E-state index contributed by atoms with van der Waals surface area (Å²) in [7, 11) is 0. The first-order valence-electron chi connectivity index (χ1n) is 9.07. The first-order chi connectivity index (χ1) is 12.2. The highest BCUT2D eigenvalue weighted by Crippen LogP contribution is 2.46. The number of esters is 2. The Morgan fingerprint density at radius 2 is 2.19 bits per heavy atom. The maximum Gasteiger partial charge on any atom is 0.343 e. The third kappa shape index (κ3) is 3.35. The van der Waals surface area contributed by atoms with Crippen molar-refractivity contribution in [1.82, 2.24) is 0 Å². The molecule has 1 saturated heterocycles. The Balaban J connectivity index is 1.91. The zero-order valence-corrected chi connectivity index (χ0v) is 15.8. The number of aliphatic hydroxyl groups is 1. The van der Waals surface area contributed by atoms with E-state index in [1.165, 1.54) is 0 Å². The lowest BCUT2D eigenvalue weighted by Gasteiger charge is -2.31. The van der Waals surface area contributed by atoms with Crippen molar-refractivity contribution in [2.24, 2.45) is 5.92 Å². The molecule has 0 radical (unpaired) electrons. The molecule has 0 aromatic carbocycles. The summed E-state index contributed by atoms with van der Waals surface area (Å²) in [5, 5.41) is 10.8. The number of hydrogen-bond donors (Lipinski definition) is 1. The minimum Gasteiger partial charge on any atom is -0.457 e. The quantitative estimate of drug-likeness (QED) is 0.614. The molecule has 0 saturated carbocycles. The molecular weight excluding hydrogens is 336 g/mol. The van der Waals surface area contributed by atoms with Crippen molar-refractivity contribution in [2.45, 2.75) is 64.8 Å². The van der Waals surface area contributed by atoms with Gasteiger partial charge in [0.1, 0.15) is 12.4 Å². The molecule has 26 heavy (non-hydrogen) atoms. The number of carbonyl (C=O) groups is 2. The van der Waals surface area contributed by atoms with Gasteiger partial charge in [0.15, 0.2) is 5.79 Å². The van der Waals surface area contributed by atoms with Crippen molar-refractivity contribution in [3.05, 3.63) is 34.6 Å². The Kier molecular flexibility index (Phi) is 4.84. The zero-order valence-electron chi connectivity index (χ0n) is 15.8. The van der Waals surface area contributed by atoms with Crippen LogP contribution in [-0.4, -0.2) is 35.0 Å². The summed E-state index contributed by atoms with van der Waals surface area (Å²) in [6.07, 6.45) is 5.83. The summed E-state index contributed by atoms with van der Waals surface area (Å²) in [5.41, 5.74) is 0.908. The lowest BCUT2D eigenvalue weighted by molar-refractivity contribution is -0.236. The molecule has 3 aliphatic heterocycles. The molecule has 3 aliphatic rings. The van der Waals surface area contributed by atoms with Crippen LogP contribution in [0, 0.1) is 5.92 Å². The molecule has 3 atom stereocenters. The van der Waals surface area contributed by atoms with Gasteiger partial charge in [-0.05, 0) is 46.1 Å². The minimum atomic E-state index is -1.16. The predicted molar refractivity (Wildman–Crippen MR) is 93.7 cm³/mol. The van der Waals surface area contributed by atoms with Crippen LogP contribution >= 0.6 is 0 Å². The smallest absolute Gasteiger partial charge is 0.343 e. The summed E-state index contributed by atoms with van der Waals surface area (Å²) < 4.78 is 16.7. The zero-order chi connectivity index (χ0) is 19.1. The van der Waals surface area contributed by atoms with Crippen LogP contribution in [0.1, 0.15) is 53.4 Å². The fourth-order valence-corrected chi connectivity index (χ4v) is 3.65. The molecule has 3 heterocycles.